The second kappa shape index (κ2) is 5.83. The number of ketones is 1. The molecule has 0 heterocycles. The third-order valence-electron chi connectivity index (χ3n) is 9.56. The van der Waals surface area contributed by atoms with Crippen LogP contribution in [0.3, 0.4) is 0 Å². The molecule has 0 aliphatic heterocycles. The molecular weight excluding hydrogens is 294 g/mol. The molecule has 0 aromatic rings. The highest BCUT2D eigenvalue weighted by molar-refractivity contribution is 5.79. The molecule has 4 aliphatic rings. The number of fused-ring (bicyclic) bond motifs is 5. The van der Waals surface area contributed by atoms with Gasteiger partial charge in [-0.1, -0.05) is 13.8 Å². The molecule has 2 heteroatoms. The molecular formula is C22H37NO. The average molecular weight is 332 g/mol. The van der Waals surface area contributed by atoms with E-state index in [1.54, 1.807) is 0 Å². The van der Waals surface area contributed by atoms with E-state index in [0.717, 1.165) is 29.7 Å². The first-order valence-electron chi connectivity index (χ1n) is 10.6. The Hall–Kier alpha value is -0.370. The molecule has 24 heavy (non-hydrogen) atoms. The molecule has 0 saturated heterocycles. The molecule has 4 saturated carbocycles. The van der Waals surface area contributed by atoms with E-state index in [1.165, 1.54) is 57.8 Å². The predicted molar refractivity (Wildman–Crippen MR) is 98.7 cm³/mol. The van der Waals surface area contributed by atoms with Gasteiger partial charge in [-0.3, -0.25) is 4.79 Å². The van der Waals surface area contributed by atoms with Crippen LogP contribution in [0.1, 0.15) is 78.6 Å². The van der Waals surface area contributed by atoms with Crippen molar-refractivity contribution in [3.05, 3.63) is 0 Å². The second-order valence-corrected chi connectivity index (χ2v) is 10.2. The van der Waals surface area contributed by atoms with E-state index in [4.69, 9.17) is 0 Å². The Kier molecular flexibility index (Phi) is 4.14. The summed E-state index contributed by atoms with van der Waals surface area (Å²) in [5.74, 6) is 4.41. The molecule has 4 rings (SSSR count). The van der Waals surface area contributed by atoms with Gasteiger partial charge in [-0.15, -0.1) is 0 Å². The van der Waals surface area contributed by atoms with Crippen molar-refractivity contribution < 1.29 is 4.79 Å². The van der Waals surface area contributed by atoms with Crippen LogP contribution in [0.5, 0.6) is 0 Å². The van der Waals surface area contributed by atoms with Crippen molar-refractivity contribution in [2.45, 2.75) is 84.6 Å². The van der Waals surface area contributed by atoms with Crippen LogP contribution in [0.4, 0.5) is 0 Å². The zero-order chi connectivity index (χ0) is 17.1. The molecule has 0 spiro atoms. The lowest BCUT2D eigenvalue weighted by molar-refractivity contribution is -0.134. The summed E-state index contributed by atoms with van der Waals surface area (Å²) in [4.78, 5) is 12.2. The van der Waals surface area contributed by atoms with Gasteiger partial charge in [0.15, 0.2) is 0 Å². The Morgan fingerprint density at radius 1 is 0.917 bits per heavy atom. The highest BCUT2D eigenvalue weighted by Gasteiger charge is 2.60. The Morgan fingerprint density at radius 3 is 2.33 bits per heavy atom. The third kappa shape index (κ3) is 2.27. The number of nitrogens with one attached hydrogen (secondary N) is 1. The average Bonchev–Trinajstić information content (AvgIpc) is 2.91. The maximum atomic E-state index is 12.2. The highest BCUT2D eigenvalue weighted by atomic mass is 16.1. The zero-order valence-corrected chi connectivity index (χ0v) is 16.2. The van der Waals surface area contributed by atoms with E-state index in [-0.39, 0.29) is 0 Å². The predicted octanol–water partition coefficient (Wildman–Crippen LogP) is 4.82. The molecule has 4 aliphatic carbocycles. The second-order valence-electron chi connectivity index (χ2n) is 10.2. The number of rotatable bonds is 2. The van der Waals surface area contributed by atoms with E-state index < -0.39 is 0 Å². The van der Waals surface area contributed by atoms with Gasteiger partial charge < -0.3 is 5.32 Å². The van der Waals surface area contributed by atoms with Crippen molar-refractivity contribution in [1.29, 1.82) is 0 Å². The molecule has 2 nitrogen and oxygen atoms in total. The number of hydrogen-bond acceptors (Lipinski definition) is 2. The summed E-state index contributed by atoms with van der Waals surface area (Å²) >= 11 is 0. The minimum atomic E-state index is 0.318. The Bertz CT molecular complexity index is 516. The molecule has 0 amide bonds. The topological polar surface area (TPSA) is 29.1 Å². The van der Waals surface area contributed by atoms with E-state index in [2.05, 4.69) is 26.2 Å². The molecule has 8 atom stereocenters. The zero-order valence-electron chi connectivity index (χ0n) is 16.2. The van der Waals surface area contributed by atoms with Gasteiger partial charge in [0.25, 0.3) is 0 Å². The Labute approximate surface area is 148 Å². The van der Waals surface area contributed by atoms with E-state index in [1.807, 2.05) is 6.92 Å². The molecule has 1 N–H and O–H groups in total. The van der Waals surface area contributed by atoms with Crippen LogP contribution in [0, 0.1) is 40.4 Å². The molecule has 136 valence electrons. The monoisotopic (exact) mass is 331 g/mol. The molecule has 0 radical (unpaired) electrons. The first kappa shape index (κ1) is 17.1. The SMILES string of the molecule is CN[C@@H]1CC[C@@]2(C)[C@@H](CC[C@@H]3[C@@H]2CC[C@]2(C)[C@@H](C(C)=O)CC[C@@H]32)C1. The maximum Gasteiger partial charge on any atom is 0.133 e. The first-order valence-corrected chi connectivity index (χ1v) is 10.6. The number of Topliss-reactive ketones (excluding diaryl/α,β-unsaturated/α-hetero) is 1. The highest BCUT2D eigenvalue weighted by Crippen LogP contribution is 2.67. The lowest BCUT2D eigenvalue weighted by atomic mass is 9.44. The van der Waals surface area contributed by atoms with Gasteiger partial charge in [0.2, 0.25) is 0 Å². The summed E-state index contributed by atoms with van der Waals surface area (Å²) in [6.07, 6.45) is 12.2. The summed E-state index contributed by atoms with van der Waals surface area (Å²) in [5, 5.41) is 3.55. The fraction of sp³-hybridized carbons (Fsp3) is 0.955. The fourth-order valence-corrected chi connectivity index (χ4v) is 8.19. The van der Waals surface area contributed by atoms with Gasteiger partial charge in [0.1, 0.15) is 5.78 Å². The van der Waals surface area contributed by atoms with E-state index >= 15 is 0 Å². The number of carbonyl (C=O) groups is 1. The minimum absolute atomic E-state index is 0.318. The quantitative estimate of drug-likeness (QED) is 0.786. The summed E-state index contributed by atoms with van der Waals surface area (Å²) in [7, 11) is 2.14. The lowest BCUT2D eigenvalue weighted by Crippen LogP contribution is -2.55. The summed E-state index contributed by atoms with van der Waals surface area (Å²) in [6.45, 7) is 6.96. The molecule has 4 fully saturated rings. The number of hydrogen-bond donors (Lipinski definition) is 1. The summed E-state index contributed by atoms with van der Waals surface area (Å²) in [6, 6.07) is 0.752. The molecule has 0 aromatic carbocycles. The van der Waals surface area contributed by atoms with Gasteiger partial charge in [-0.2, -0.15) is 0 Å². The minimum Gasteiger partial charge on any atom is -0.317 e. The van der Waals surface area contributed by atoms with Crippen LogP contribution in [-0.4, -0.2) is 18.9 Å². The van der Waals surface area contributed by atoms with Crippen molar-refractivity contribution >= 4 is 5.78 Å². The first-order chi connectivity index (χ1) is 11.4. The largest absolute Gasteiger partial charge is 0.317 e. The fourth-order valence-electron chi connectivity index (χ4n) is 8.19. The van der Waals surface area contributed by atoms with Crippen LogP contribution in [0.15, 0.2) is 0 Å². The van der Waals surface area contributed by atoms with Crippen molar-refractivity contribution in [1.82, 2.24) is 5.32 Å². The van der Waals surface area contributed by atoms with Crippen LogP contribution < -0.4 is 5.32 Å². The van der Waals surface area contributed by atoms with Crippen LogP contribution in [-0.2, 0) is 4.79 Å². The van der Waals surface area contributed by atoms with Gasteiger partial charge in [-0.05, 0) is 106 Å². The molecule has 0 bridgehead atoms. The third-order valence-corrected chi connectivity index (χ3v) is 9.56. The van der Waals surface area contributed by atoms with Crippen molar-refractivity contribution in [2.75, 3.05) is 7.05 Å². The van der Waals surface area contributed by atoms with E-state index in [9.17, 15) is 4.79 Å². The molecule has 0 unspecified atom stereocenters. The summed E-state index contributed by atoms with van der Waals surface area (Å²) < 4.78 is 0. The maximum absolute atomic E-state index is 12.2. The lowest BCUT2D eigenvalue weighted by Gasteiger charge is -2.61. The van der Waals surface area contributed by atoms with E-state index in [0.29, 0.717) is 22.5 Å². The van der Waals surface area contributed by atoms with Gasteiger partial charge in [0.05, 0.1) is 0 Å². The Balaban J connectivity index is 1.59. The standard InChI is InChI=1S/C22H37NO/c1-14(24)18-7-8-19-17-6-5-15-13-16(23-4)9-11-21(15,2)20(17)10-12-22(18,19)3/h15-20,23H,5-13H2,1-4H3/t15-,16+,17-,18+,19-,20-,21-,22+/m0/s1. The van der Waals surface area contributed by atoms with Crippen LogP contribution in [0.25, 0.3) is 0 Å². The normalized spacial score (nSPS) is 53.8. The Morgan fingerprint density at radius 2 is 1.62 bits per heavy atom. The molecule has 0 aromatic heterocycles. The summed E-state index contributed by atoms with van der Waals surface area (Å²) in [5.41, 5.74) is 0.893. The van der Waals surface area contributed by atoms with Crippen molar-refractivity contribution in [3.8, 4) is 0 Å². The van der Waals surface area contributed by atoms with Crippen molar-refractivity contribution in [3.63, 3.8) is 0 Å². The van der Waals surface area contributed by atoms with Crippen molar-refractivity contribution in [2.24, 2.45) is 40.4 Å². The van der Waals surface area contributed by atoms with Gasteiger partial charge >= 0.3 is 0 Å². The van der Waals surface area contributed by atoms with Crippen LogP contribution >= 0.6 is 0 Å². The van der Waals surface area contributed by atoms with Crippen LogP contribution in [0.2, 0.25) is 0 Å². The van der Waals surface area contributed by atoms with Gasteiger partial charge in [0, 0.05) is 12.0 Å². The number of carbonyl (C=O) groups excluding carboxylic acids is 1. The smallest absolute Gasteiger partial charge is 0.133 e. The van der Waals surface area contributed by atoms with Gasteiger partial charge in [-0.25, -0.2) is 0 Å².